The van der Waals surface area contributed by atoms with Crippen LogP contribution in [0.15, 0.2) is 86.4 Å². The second-order valence-electron chi connectivity index (χ2n) is 7.70. The summed E-state index contributed by atoms with van der Waals surface area (Å²) in [4.78, 5) is 38.6. The maximum Gasteiger partial charge on any atom is 0.293 e. The van der Waals surface area contributed by atoms with Crippen LogP contribution in [0.5, 0.6) is 0 Å². The average molecular weight is 473 g/mol. The second kappa shape index (κ2) is 8.53. The lowest BCUT2D eigenvalue weighted by molar-refractivity contribution is 0.0996. The van der Waals surface area contributed by atoms with E-state index in [1.54, 1.807) is 36.4 Å². The molecule has 0 atom stereocenters. The first-order valence-electron chi connectivity index (χ1n) is 10.3. The number of amides is 2. The third-order valence-corrected chi connectivity index (χ3v) is 5.46. The summed E-state index contributed by atoms with van der Waals surface area (Å²) in [5.41, 5.74) is 1.96. The first kappa shape index (κ1) is 21.5. The van der Waals surface area contributed by atoms with E-state index < -0.39 is 17.2 Å². The van der Waals surface area contributed by atoms with E-state index in [0.29, 0.717) is 21.7 Å². The number of fused-ring (bicyclic) bond motifs is 2. The van der Waals surface area contributed by atoms with E-state index in [2.05, 4.69) is 10.6 Å². The van der Waals surface area contributed by atoms with E-state index in [1.165, 1.54) is 12.1 Å². The Bertz CT molecular complexity index is 1650. The van der Waals surface area contributed by atoms with Gasteiger partial charge in [-0.05, 0) is 55.0 Å². The monoisotopic (exact) mass is 472 g/mol. The zero-order valence-electron chi connectivity index (χ0n) is 17.8. The van der Waals surface area contributed by atoms with Gasteiger partial charge in [-0.25, -0.2) is 0 Å². The number of hydrogen-bond donors (Lipinski definition) is 2. The average Bonchev–Trinajstić information content (AvgIpc) is 3.18. The lowest BCUT2D eigenvalue weighted by Crippen LogP contribution is -2.18. The number of furan rings is 1. The van der Waals surface area contributed by atoms with Crippen molar-refractivity contribution in [1.29, 1.82) is 0 Å². The molecule has 0 saturated carbocycles. The molecule has 2 heterocycles. The fourth-order valence-electron chi connectivity index (χ4n) is 3.66. The molecule has 2 N–H and O–H groups in total. The summed E-state index contributed by atoms with van der Waals surface area (Å²) in [6.45, 7) is 1.91. The largest absolute Gasteiger partial charge is 0.451 e. The van der Waals surface area contributed by atoms with Crippen molar-refractivity contribution in [2.45, 2.75) is 6.92 Å². The third-order valence-electron chi connectivity index (χ3n) is 5.23. The van der Waals surface area contributed by atoms with Crippen molar-refractivity contribution in [1.82, 2.24) is 0 Å². The topological polar surface area (TPSA) is 102 Å². The number of para-hydroxylation sites is 1. The third kappa shape index (κ3) is 4.04. The van der Waals surface area contributed by atoms with Crippen LogP contribution in [0.25, 0.3) is 21.9 Å². The Hall–Kier alpha value is -4.36. The van der Waals surface area contributed by atoms with Gasteiger partial charge < -0.3 is 19.5 Å². The Balaban J connectivity index is 1.53. The van der Waals surface area contributed by atoms with E-state index in [-0.39, 0.29) is 28.2 Å². The zero-order chi connectivity index (χ0) is 23.8. The van der Waals surface area contributed by atoms with Crippen molar-refractivity contribution >= 4 is 56.7 Å². The predicted molar refractivity (Wildman–Crippen MR) is 131 cm³/mol. The summed E-state index contributed by atoms with van der Waals surface area (Å²) < 4.78 is 11.4. The molecule has 0 aliphatic heterocycles. The number of carbonyl (C=O) groups is 2. The Morgan fingerprint density at radius 2 is 1.59 bits per heavy atom. The first-order valence-corrected chi connectivity index (χ1v) is 10.7. The first-order chi connectivity index (χ1) is 16.4. The Kier molecular flexibility index (Phi) is 5.39. The summed E-state index contributed by atoms with van der Waals surface area (Å²) in [7, 11) is 0. The van der Waals surface area contributed by atoms with E-state index in [1.807, 2.05) is 25.1 Å². The molecular weight excluding hydrogens is 456 g/mol. The lowest BCUT2D eigenvalue weighted by Gasteiger charge is -2.08. The Labute approximate surface area is 197 Å². The number of carbonyl (C=O) groups excluding carboxylic acids is 2. The molecule has 7 nitrogen and oxygen atoms in total. The Morgan fingerprint density at radius 3 is 2.41 bits per heavy atom. The van der Waals surface area contributed by atoms with Gasteiger partial charge in [0.25, 0.3) is 11.8 Å². The van der Waals surface area contributed by atoms with Gasteiger partial charge in [0.1, 0.15) is 16.9 Å². The molecule has 0 bridgehead atoms. The molecule has 0 aliphatic carbocycles. The number of halogens is 1. The van der Waals surface area contributed by atoms with Crippen molar-refractivity contribution in [2.75, 3.05) is 10.6 Å². The van der Waals surface area contributed by atoms with Gasteiger partial charge in [0, 0.05) is 22.2 Å². The van der Waals surface area contributed by atoms with Crippen LogP contribution in [0, 0.1) is 6.92 Å². The van der Waals surface area contributed by atoms with Gasteiger partial charge >= 0.3 is 0 Å². The second-order valence-corrected chi connectivity index (χ2v) is 8.13. The smallest absolute Gasteiger partial charge is 0.293 e. The summed E-state index contributed by atoms with van der Waals surface area (Å²) in [5.74, 6) is -1.53. The summed E-state index contributed by atoms with van der Waals surface area (Å²) in [5, 5.41) is 6.63. The number of aryl methyl sites for hydroxylation is 1. The van der Waals surface area contributed by atoms with Crippen molar-refractivity contribution in [3.63, 3.8) is 0 Å². The van der Waals surface area contributed by atoms with Crippen LogP contribution in [-0.4, -0.2) is 11.8 Å². The lowest BCUT2D eigenvalue weighted by atomic mass is 10.2. The molecule has 2 amide bonds. The molecule has 3 aromatic carbocycles. The number of anilines is 2. The van der Waals surface area contributed by atoms with E-state index >= 15 is 0 Å². The highest BCUT2D eigenvalue weighted by Gasteiger charge is 2.24. The molecule has 0 radical (unpaired) electrons. The minimum absolute atomic E-state index is 0.0778. The summed E-state index contributed by atoms with van der Waals surface area (Å²) in [6, 6.07) is 19.9. The maximum atomic E-state index is 13.1. The maximum absolute atomic E-state index is 13.1. The number of rotatable bonds is 4. The number of nitrogens with one attached hydrogen (secondary N) is 2. The highest BCUT2D eigenvalue weighted by molar-refractivity contribution is 6.31. The minimum atomic E-state index is -0.704. The zero-order valence-corrected chi connectivity index (χ0v) is 18.6. The number of benzene rings is 3. The quantitative estimate of drug-likeness (QED) is 0.333. The van der Waals surface area contributed by atoms with Gasteiger partial charge in [0.2, 0.25) is 5.76 Å². The Morgan fingerprint density at radius 1 is 0.794 bits per heavy atom. The van der Waals surface area contributed by atoms with Crippen molar-refractivity contribution < 1.29 is 18.4 Å². The molecule has 8 heteroatoms. The van der Waals surface area contributed by atoms with Crippen molar-refractivity contribution in [2.24, 2.45) is 0 Å². The van der Waals surface area contributed by atoms with Crippen LogP contribution in [-0.2, 0) is 0 Å². The van der Waals surface area contributed by atoms with Gasteiger partial charge in [-0.3, -0.25) is 14.4 Å². The molecule has 34 heavy (non-hydrogen) atoms. The molecular formula is C26H17ClN2O5. The SMILES string of the molecule is Cc1cccc(NC(=O)c2oc3ccccc3c2NC(=O)c2cc(=O)c3cc(Cl)ccc3o2)c1. The molecule has 0 spiro atoms. The predicted octanol–water partition coefficient (Wildman–Crippen LogP) is 6.01. The molecule has 5 rings (SSSR count). The molecule has 0 fully saturated rings. The van der Waals surface area contributed by atoms with Crippen LogP contribution >= 0.6 is 11.6 Å². The van der Waals surface area contributed by atoms with E-state index in [0.717, 1.165) is 11.6 Å². The van der Waals surface area contributed by atoms with Crippen LogP contribution in [0.2, 0.25) is 5.02 Å². The summed E-state index contributed by atoms with van der Waals surface area (Å²) >= 11 is 5.95. The molecule has 0 unspecified atom stereocenters. The van der Waals surface area contributed by atoms with Crippen LogP contribution < -0.4 is 16.1 Å². The van der Waals surface area contributed by atoms with Crippen molar-refractivity contribution in [3.05, 3.63) is 105 Å². The van der Waals surface area contributed by atoms with Gasteiger partial charge in [-0.1, -0.05) is 35.9 Å². The summed E-state index contributed by atoms with van der Waals surface area (Å²) in [6.07, 6.45) is 0. The molecule has 5 aromatic rings. The van der Waals surface area contributed by atoms with Crippen LogP contribution in [0.1, 0.15) is 26.7 Å². The normalized spacial score (nSPS) is 11.0. The fourth-order valence-corrected chi connectivity index (χ4v) is 3.83. The highest BCUT2D eigenvalue weighted by atomic mass is 35.5. The van der Waals surface area contributed by atoms with Gasteiger partial charge in [-0.15, -0.1) is 0 Å². The minimum Gasteiger partial charge on any atom is -0.451 e. The van der Waals surface area contributed by atoms with E-state index in [4.69, 9.17) is 20.4 Å². The molecule has 0 saturated heterocycles. The molecule has 2 aromatic heterocycles. The van der Waals surface area contributed by atoms with Gasteiger partial charge in [0.05, 0.1) is 5.39 Å². The van der Waals surface area contributed by atoms with Crippen LogP contribution in [0.3, 0.4) is 0 Å². The molecule has 168 valence electrons. The van der Waals surface area contributed by atoms with Crippen LogP contribution in [0.4, 0.5) is 11.4 Å². The number of hydrogen-bond acceptors (Lipinski definition) is 5. The van der Waals surface area contributed by atoms with Crippen molar-refractivity contribution in [3.8, 4) is 0 Å². The van der Waals surface area contributed by atoms with E-state index in [9.17, 15) is 14.4 Å². The van der Waals surface area contributed by atoms with Gasteiger partial charge in [-0.2, -0.15) is 0 Å². The highest BCUT2D eigenvalue weighted by Crippen LogP contribution is 2.32. The standard InChI is InChI=1S/C26H17ClN2O5/c1-14-5-4-6-16(11-14)28-26(32)24-23(17-7-2-3-8-20(17)34-24)29-25(31)22-13-19(30)18-12-15(27)9-10-21(18)33-22/h2-13H,1H3,(H,28,32)(H,29,31). The molecule has 0 aliphatic rings. The fraction of sp³-hybridized carbons (Fsp3) is 0.0385. The van der Waals surface area contributed by atoms with Gasteiger partial charge in [0.15, 0.2) is 11.2 Å².